The van der Waals surface area contributed by atoms with Gasteiger partial charge >= 0.3 is 0 Å². The third-order valence-corrected chi connectivity index (χ3v) is 8.33. The van der Waals surface area contributed by atoms with Crippen molar-refractivity contribution in [2.24, 2.45) is 0 Å². The average molecular weight is 494 g/mol. The van der Waals surface area contributed by atoms with Crippen LogP contribution in [0.15, 0.2) is 52.7 Å². The van der Waals surface area contributed by atoms with Gasteiger partial charge in [0.2, 0.25) is 0 Å². The molecule has 2 aromatic carbocycles. The van der Waals surface area contributed by atoms with Gasteiger partial charge < -0.3 is 15.0 Å². The minimum Gasteiger partial charge on any atom is -0.495 e. The lowest BCUT2D eigenvalue weighted by molar-refractivity contribution is 0.391. The van der Waals surface area contributed by atoms with E-state index in [1.807, 2.05) is 0 Å². The Morgan fingerprint density at radius 3 is 2.33 bits per heavy atom. The van der Waals surface area contributed by atoms with Crippen LogP contribution in [0.3, 0.4) is 0 Å². The smallest absolute Gasteiger partial charge is 0.271 e. The third kappa shape index (κ3) is 5.29. The first-order chi connectivity index (χ1) is 15.6. The second-order valence-electron chi connectivity index (χ2n) is 8.14. The lowest BCUT2D eigenvalue weighted by Gasteiger charge is -2.38. The molecule has 2 atom stereocenters. The minimum absolute atomic E-state index is 0.0453. The van der Waals surface area contributed by atoms with Gasteiger partial charge in [0.1, 0.15) is 21.6 Å². The predicted octanol–water partition coefficient (Wildman–Crippen LogP) is 4.69. The lowest BCUT2D eigenvalue weighted by atomic mass is 10.1. The Morgan fingerprint density at radius 1 is 1.03 bits per heavy atom. The molecule has 1 fully saturated rings. The number of piperazine rings is 1. The molecule has 10 heteroatoms. The van der Waals surface area contributed by atoms with Crippen LogP contribution in [0.1, 0.15) is 13.8 Å². The minimum atomic E-state index is -3.90. The Labute approximate surface area is 196 Å². The monoisotopic (exact) mass is 493 g/mol. The molecule has 1 aromatic heterocycles. The SMILES string of the molecule is COc1ccc(NS(=O)(=O)c2ccc(-c3cc(F)cc(F)c3)s2)cc1N1CC(C)NC(C)C1. The fourth-order valence-corrected chi connectivity index (χ4v) is 6.39. The molecule has 1 saturated heterocycles. The van der Waals surface area contributed by atoms with Gasteiger partial charge in [-0.3, -0.25) is 4.72 Å². The standard InChI is InChI=1S/C23H25F2N3O3S2/c1-14-12-28(13-15(2)26-14)20-11-19(4-5-21(20)31-3)27-33(29,30)23-7-6-22(32-23)16-8-17(24)10-18(25)9-16/h4-11,14-15,26-27H,12-13H2,1-3H3. The number of ether oxygens (including phenoxy) is 1. The number of halogens is 2. The molecule has 4 rings (SSSR count). The summed E-state index contributed by atoms with van der Waals surface area (Å²) in [6.07, 6.45) is 0. The van der Waals surface area contributed by atoms with E-state index in [0.717, 1.165) is 36.2 Å². The highest BCUT2D eigenvalue weighted by Gasteiger charge is 2.25. The van der Waals surface area contributed by atoms with Crippen molar-refractivity contribution in [3.8, 4) is 16.2 Å². The Kier molecular flexibility index (Phi) is 6.60. The summed E-state index contributed by atoms with van der Waals surface area (Å²) < 4.78 is 61.3. The second-order valence-corrected chi connectivity index (χ2v) is 11.1. The number of hydrogen-bond donors (Lipinski definition) is 2. The summed E-state index contributed by atoms with van der Waals surface area (Å²) in [5.41, 5.74) is 1.49. The quantitative estimate of drug-likeness (QED) is 0.521. The van der Waals surface area contributed by atoms with Crippen molar-refractivity contribution in [3.63, 3.8) is 0 Å². The summed E-state index contributed by atoms with van der Waals surface area (Å²) in [5.74, 6) is -0.780. The maximum Gasteiger partial charge on any atom is 0.271 e. The summed E-state index contributed by atoms with van der Waals surface area (Å²) in [6, 6.07) is 11.8. The van der Waals surface area contributed by atoms with E-state index < -0.39 is 21.7 Å². The number of sulfonamides is 1. The average Bonchev–Trinajstić information content (AvgIpc) is 3.23. The molecule has 0 spiro atoms. The number of nitrogens with one attached hydrogen (secondary N) is 2. The van der Waals surface area contributed by atoms with E-state index in [9.17, 15) is 17.2 Å². The van der Waals surface area contributed by atoms with Gasteiger partial charge in [-0.2, -0.15) is 0 Å². The second kappa shape index (κ2) is 9.28. The van der Waals surface area contributed by atoms with Crippen LogP contribution in [0.25, 0.3) is 10.4 Å². The molecule has 2 unspecified atom stereocenters. The van der Waals surface area contributed by atoms with Crippen LogP contribution in [0.5, 0.6) is 5.75 Å². The molecule has 0 aliphatic carbocycles. The van der Waals surface area contributed by atoms with Crippen LogP contribution in [-0.2, 0) is 10.0 Å². The highest BCUT2D eigenvalue weighted by molar-refractivity contribution is 7.94. The molecule has 33 heavy (non-hydrogen) atoms. The van der Waals surface area contributed by atoms with Crippen LogP contribution in [0.4, 0.5) is 20.2 Å². The summed E-state index contributed by atoms with van der Waals surface area (Å²) in [4.78, 5) is 2.62. The van der Waals surface area contributed by atoms with E-state index in [1.54, 1.807) is 25.3 Å². The van der Waals surface area contributed by atoms with Crippen molar-refractivity contribution in [2.45, 2.75) is 30.1 Å². The van der Waals surface area contributed by atoms with Gasteiger partial charge in [0.25, 0.3) is 10.0 Å². The molecule has 0 bridgehead atoms. The summed E-state index contributed by atoms with van der Waals surface area (Å²) in [6.45, 7) is 5.71. The number of anilines is 2. The molecule has 0 radical (unpaired) electrons. The highest BCUT2D eigenvalue weighted by atomic mass is 32.2. The lowest BCUT2D eigenvalue weighted by Crippen LogP contribution is -2.54. The molecule has 2 heterocycles. The topological polar surface area (TPSA) is 70.7 Å². The van der Waals surface area contributed by atoms with E-state index in [-0.39, 0.29) is 21.9 Å². The number of nitrogens with zero attached hydrogens (tertiary/aromatic N) is 1. The molecule has 6 nitrogen and oxygen atoms in total. The van der Waals surface area contributed by atoms with Crippen LogP contribution < -0.4 is 19.7 Å². The first-order valence-electron chi connectivity index (χ1n) is 10.4. The molecule has 2 N–H and O–H groups in total. The van der Waals surface area contributed by atoms with E-state index in [1.165, 1.54) is 24.3 Å². The highest BCUT2D eigenvalue weighted by Crippen LogP contribution is 2.35. The van der Waals surface area contributed by atoms with E-state index in [0.29, 0.717) is 16.3 Å². The zero-order valence-corrected chi connectivity index (χ0v) is 20.1. The van der Waals surface area contributed by atoms with Crippen molar-refractivity contribution in [1.29, 1.82) is 0 Å². The van der Waals surface area contributed by atoms with Gasteiger partial charge in [0.05, 0.1) is 18.5 Å². The fourth-order valence-electron chi connectivity index (χ4n) is 4.05. The Balaban J connectivity index is 1.60. The van der Waals surface area contributed by atoms with Crippen LogP contribution in [0, 0.1) is 11.6 Å². The van der Waals surface area contributed by atoms with Gasteiger partial charge in [-0.25, -0.2) is 17.2 Å². The molecular formula is C23H25F2N3O3S2. The van der Waals surface area contributed by atoms with E-state index in [2.05, 4.69) is 28.8 Å². The molecule has 0 saturated carbocycles. The van der Waals surface area contributed by atoms with Crippen LogP contribution in [0.2, 0.25) is 0 Å². The summed E-state index contributed by atoms with van der Waals surface area (Å²) >= 11 is 0.943. The summed E-state index contributed by atoms with van der Waals surface area (Å²) in [5, 5.41) is 3.47. The Morgan fingerprint density at radius 2 is 1.70 bits per heavy atom. The zero-order chi connectivity index (χ0) is 23.8. The van der Waals surface area contributed by atoms with Gasteiger partial charge in [0, 0.05) is 36.1 Å². The molecule has 176 valence electrons. The van der Waals surface area contributed by atoms with Crippen molar-refractivity contribution >= 4 is 32.7 Å². The zero-order valence-electron chi connectivity index (χ0n) is 18.4. The Bertz CT molecular complexity index is 1230. The van der Waals surface area contributed by atoms with Gasteiger partial charge in [0.15, 0.2) is 0 Å². The summed E-state index contributed by atoms with van der Waals surface area (Å²) in [7, 11) is -2.32. The molecule has 1 aliphatic rings. The number of methoxy groups -OCH3 is 1. The van der Waals surface area contributed by atoms with Gasteiger partial charge in [-0.15, -0.1) is 11.3 Å². The van der Waals surface area contributed by atoms with E-state index in [4.69, 9.17) is 4.74 Å². The largest absolute Gasteiger partial charge is 0.495 e. The van der Waals surface area contributed by atoms with Crippen molar-refractivity contribution in [3.05, 3.63) is 60.2 Å². The first-order valence-corrected chi connectivity index (χ1v) is 12.7. The third-order valence-electron chi connectivity index (χ3n) is 5.32. The first kappa shape index (κ1) is 23.5. The number of thiophene rings is 1. The fraction of sp³-hybridized carbons (Fsp3) is 0.304. The van der Waals surface area contributed by atoms with E-state index >= 15 is 0 Å². The molecule has 0 amide bonds. The normalized spacial score (nSPS) is 18.9. The maximum absolute atomic E-state index is 13.6. The van der Waals surface area contributed by atoms with Crippen LogP contribution in [-0.4, -0.2) is 40.7 Å². The predicted molar refractivity (Wildman–Crippen MR) is 128 cm³/mol. The van der Waals surface area contributed by atoms with Gasteiger partial charge in [-0.05, 0) is 61.9 Å². The maximum atomic E-state index is 13.6. The van der Waals surface area contributed by atoms with Crippen molar-refractivity contribution in [2.75, 3.05) is 29.8 Å². The molecule has 3 aromatic rings. The number of hydrogen-bond acceptors (Lipinski definition) is 6. The molecule has 1 aliphatic heterocycles. The number of rotatable bonds is 6. The Hall–Kier alpha value is -2.69. The number of benzene rings is 2. The van der Waals surface area contributed by atoms with Crippen LogP contribution >= 0.6 is 11.3 Å². The van der Waals surface area contributed by atoms with Crippen molar-refractivity contribution < 1.29 is 21.9 Å². The van der Waals surface area contributed by atoms with Gasteiger partial charge in [-0.1, -0.05) is 0 Å². The van der Waals surface area contributed by atoms with Crippen molar-refractivity contribution in [1.82, 2.24) is 5.32 Å². The molecular weight excluding hydrogens is 468 g/mol.